The van der Waals surface area contributed by atoms with Crippen molar-refractivity contribution >= 4 is 11.0 Å². The molecule has 3 nitrogen and oxygen atoms in total. The van der Waals surface area contributed by atoms with Crippen molar-refractivity contribution in [3.8, 4) is 22.5 Å². The maximum absolute atomic E-state index is 4.83. The summed E-state index contributed by atoms with van der Waals surface area (Å²) in [6.45, 7) is 3.83. The van der Waals surface area contributed by atoms with Crippen molar-refractivity contribution in [1.82, 2.24) is 15.3 Å². The molecule has 3 heteroatoms. The second kappa shape index (κ2) is 8.58. The summed E-state index contributed by atoms with van der Waals surface area (Å²) in [5.41, 5.74) is 9.39. The summed E-state index contributed by atoms with van der Waals surface area (Å²) in [7, 11) is 0. The van der Waals surface area contributed by atoms with Crippen LogP contribution in [0.5, 0.6) is 0 Å². The minimum atomic E-state index is 0.855. The minimum absolute atomic E-state index is 0.855. The van der Waals surface area contributed by atoms with Gasteiger partial charge in [-0.2, -0.15) is 0 Å². The first-order valence-electron chi connectivity index (χ1n) is 10.7. The highest BCUT2D eigenvalue weighted by Gasteiger charge is 2.08. The van der Waals surface area contributed by atoms with Gasteiger partial charge in [0.15, 0.2) is 0 Å². The smallest absolute Gasteiger partial charge is 0.138 e. The lowest BCUT2D eigenvalue weighted by Crippen LogP contribution is -2.12. The molecule has 0 spiro atoms. The number of fused-ring (bicyclic) bond motifs is 1. The van der Waals surface area contributed by atoms with E-state index >= 15 is 0 Å². The van der Waals surface area contributed by atoms with Crippen LogP contribution in [0.15, 0.2) is 97.1 Å². The number of imidazole rings is 1. The molecular formula is C28H25N3. The Bertz CT molecular complexity index is 1300. The highest BCUT2D eigenvalue weighted by Crippen LogP contribution is 2.27. The number of aromatic nitrogens is 2. The number of benzene rings is 4. The van der Waals surface area contributed by atoms with Gasteiger partial charge >= 0.3 is 0 Å². The molecule has 0 fully saturated rings. The maximum Gasteiger partial charge on any atom is 0.138 e. The second-order valence-corrected chi connectivity index (χ2v) is 7.92. The van der Waals surface area contributed by atoms with Crippen LogP contribution in [0.1, 0.15) is 16.7 Å². The van der Waals surface area contributed by atoms with Crippen molar-refractivity contribution in [3.63, 3.8) is 0 Å². The van der Waals surface area contributed by atoms with Gasteiger partial charge in [-0.3, -0.25) is 0 Å². The van der Waals surface area contributed by atoms with Gasteiger partial charge in [0.25, 0.3) is 0 Å². The van der Waals surface area contributed by atoms with E-state index in [4.69, 9.17) is 4.98 Å². The first kappa shape index (κ1) is 19.3. The molecule has 4 aromatic carbocycles. The van der Waals surface area contributed by atoms with Crippen LogP contribution in [0, 0.1) is 6.92 Å². The number of nitrogens with zero attached hydrogens (tertiary/aromatic N) is 1. The third-order valence-corrected chi connectivity index (χ3v) is 5.64. The first-order chi connectivity index (χ1) is 15.3. The molecule has 0 saturated heterocycles. The predicted octanol–water partition coefficient (Wildman–Crippen LogP) is 6.50. The fourth-order valence-corrected chi connectivity index (χ4v) is 3.92. The van der Waals surface area contributed by atoms with E-state index in [0.29, 0.717) is 0 Å². The average Bonchev–Trinajstić information content (AvgIpc) is 3.26. The van der Waals surface area contributed by atoms with Crippen molar-refractivity contribution in [2.24, 2.45) is 0 Å². The molecule has 0 atom stereocenters. The molecule has 0 radical (unpaired) electrons. The molecule has 2 N–H and O–H groups in total. The number of hydrogen-bond acceptors (Lipinski definition) is 2. The lowest BCUT2D eigenvalue weighted by molar-refractivity contribution is 0.693. The fourth-order valence-electron chi connectivity index (χ4n) is 3.92. The highest BCUT2D eigenvalue weighted by molar-refractivity contribution is 5.83. The quantitative estimate of drug-likeness (QED) is 0.340. The Labute approximate surface area is 182 Å². The number of nitrogens with one attached hydrogen (secondary N) is 2. The number of aromatic amines is 1. The van der Waals surface area contributed by atoms with Crippen LogP contribution in [0.4, 0.5) is 0 Å². The van der Waals surface area contributed by atoms with E-state index in [0.717, 1.165) is 35.5 Å². The summed E-state index contributed by atoms with van der Waals surface area (Å²) in [4.78, 5) is 8.28. The Hall–Kier alpha value is -3.69. The Morgan fingerprint density at radius 1 is 0.677 bits per heavy atom. The van der Waals surface area contributed by atoms with Gasteiger partial charge in [0.2, 0.25) is 0 Å². The molecule has 152 valence electrons. The van der Waals surface area contributed by atoms with E-state index in [-0.39, 0.29) is 0 Å². The van der Waals surface area contributed by atoms with Gasteiger partial charge < -0.3 is 10.3 Å². The lowest BCUT2D eigenvalue weighted by Gasteiger charge is -2.08. The minimum Gasteiger partial charge on any atom is -0.338 e. The Balaban J connectivity index is 1.31. The van der Waals surface area contributed by atoms with Gasteiger partial charge in [0.1, 0.15) is 5.82 Å². The third-order valence-electron chi connectivity index (χ3n) is 5.64. The van der Waals surface area contributed by atoms with Gasteiger partial charge in [-0.1, -0.05) is 84.9 Å². The molecule has 31 heavy (non-hydrogen) atoms. The van der Waals surface area contributed by atoms with Gasteiger partial charge in [-0.15, -0.1) is 0 Å². The monoisotopic (exact) mass is 403 g/mol. The van der Waals surface area contributed by atoms with Crippen molar-refractivity contribution in [2.45, 2.75) is 20.0 Å². The van der Waals surface area contributed by atoms with Crippen LogP contribution in [0.25, 0.3) is 33.5 Å². The average molecular weight is 404 g/mol. The Kier molecular flexibility index (Phi) is 5.34. The molecular weight excluding hydrogens is 378 g/mol. The summed E-state index contributed by atoms with van der Waals surface area (Å²) in [5, 5.41) is 3.51. The summed E-state index contributed by atoms with van der Waals surface area (Å²) < 4.78 is 0. The van der Waals surface area contributed by atoms with Crippen LogP contribution in [0.2, 0.25) is 0 Å². The van der Waals surface area contributed by atoms with Crippen molar-refractivity contribution in [1.29, 1.82) is 0 Å². The number of rotatable bonds is 6. The Morgan fingerprint density at radius 3 is 2.16 bits per heavy atom. The number of H-pyrrole nitrogens is 1. The molecule has 0 aliphatic rings. The predicted molar refractivity (Wildman–Crippen MR) is 129 cm³/mol. The first-order valence-corrected chi connectivity index (χ1v) is 10.7. The summed E-state index contributed by atoms with van der Waals surface area (Å²) in [6.07, 6.45) is 0. The fraction of sp³-hybridized carbons (Fsp3) is 0.107. The van der Waals surface area contributed by atoms with Gasteiger partial charge in [-0.25, -0.2) is 4.98 Å². The van der Waals surface area contributed by atoms with Crippen LogP contribution < -0.4 is 5.32 Å². The molecule has 0 amide bonds. The third kappa shape index (κ3) is 4.27. The van der Waals surface area contributed by atoms with E-state index in [1.54, 1.807) is 0 Å². The van der Waals surface area contributed by atoms with Crippen LogP contribution in [-0.4, -0.2) is 9.97 Å². The normalized spacial score (nSPS) is 11.1. The van der Waals surface area contributed by atoms with Crippen molar-refractivity contribution in [3.05, 3.63) is 114 Å². The van der Waals surface area contributed by atoms with E-state index < -0.39 is 0 Å². The highest BCUT2D eigenvalue weighted by atomic mass is 14.9. The molecule has 0 aliphatic heterocycles. The largest absolute Gasteiger partial charge is 0.338 e. The summed E-state index contributed by atoms with van der Waals surface area (Å²) >= 11 is 0. The van der Waals surface area contributed by atoms with Crippen LogP contribution in [0.3, 0.4) is 0 Å². The second-order valence-electron chi connectivity index (χ2n) is 7.92. The molecule has 0 unspecified atom stereocenters. The van der Waals surface area contributed by atoms with E-state index in [1.807, 2.05) is 6.07 Å². The van der Waals surface area contributed by atoms with Gasteiger partial charge in [-0.05, 0) is 46.9 Å². The molecule has 5 rings (SSSR count). The van der Waals surface area contributed by atoms with Crippen molar-refractivity contribution in [2.75, 3.05) is 0 Å². The zero-order chi connectivity index (χ0) is 21.0. The molecule has 1 heterocycles. The summed E-state index contributed by atoms with van der Waals surface area (Å²) in [5.74, 6) is 0.910. The van der Waals surface area contributed by atoms with Crippen LogP contribution >= 0.6 is 0 Å². The van der Waals surface area contributed by atoms with Crippen LogP contribution in [-0.2, 0) is 13.1 Å². The summed E-state index contributed by atoms with van der Waals surface area (Å²) in [6, 6.07) is 34.1. The van der Waals surface area contributed by atoms with E-state index in [9.17, 15) is 0 Å². The molecule has 1 aromatic heterocycles. The van der Waals surface area contributed by atoms with E-state index in [2.05, 4.69) is 108 Å². The Morgan fingerprint density at radius 2 is 1.39 bits per heavy atom. The van der Waals surface area contributed by atoms with Crippen molar-refractivity contribution < 1.29 is 0 Å². The zero-order valence-electron chi connectivity index (χ0n) is 17.6. The van der Waals surface area contributed by atoms with Gasteiger partial charge in [0.05, 0.1) is 11.0 Å². The molecule has 0 bridgehead atoms. The van der Waals surface area contributed by atoms with E-state index in [1.165, 1.54) is 27.8 Å². The molecule has 5 aromatic rings. The van der Waals surface area contributed by atoms with Gasteiger partial charge in [0, 0.05) is 18.7 Å². The molecule has 0 aliphatic carbocycles. The maximum atomic E-state index is 4.83. The number of aryl methyl sites for hydroxylation is 1. The lowest BCUT2D eigenvalue weighted by atomic mass is 10.0. The zero-order valence-corrected chi connectivity index (χ0v) is 17.6. The number of hydrogen-bond donors (Lipinski definition) is 2. The topological polar surface area (TPSA) is 40.7 Å². The SMILES string of the molecule is Cc1cccc2[nH]c(-c3cccc(-c4ccc(CNCc5ccccc5)cc4)c3)nc12. The number of para-hydroxylation sites is 1. The standard InChI is InChI=1S/C28H25N3/c1-20-7-5-12-26-27(20)31-28(30-26)25-11-6-10-24(17-25)23-15-13-22(14-16-23)19-29-18-21-8-3-2-4-9-21/h2-17,29H,18-19H2,1H3,(H,30,31). The molecule has 0 saturated carbocycles.